The number of carboxylic acid groups (broad SMARTS) is 1. The summed E-state index contributed by atoms with van der Waals surface area (Å²) in [5, 5.41) is 8.42. The van der Waals surface area contributed by atoms with Gasteiger partial charge in [-0.3, -0.25) is 0 Å². The fourth-order valence-electron chi connectivity index (χ4n) is 0.674. The van der Waals surface area contributed by atoms with Gasteiger partial charge in [-0.05, 0) is 18.7 Å². The summed E-state index contributed by atoms with van der Waals surface area (Å²) in [6.07, 6.45) is 0. The van der Waals surface area contributed by atoms with Crippen molar-refractivity contribution < 1.29 is 14.6 Å². The summed E-state index contributed by atoms with van der Waals surface area (Å²) in [4.78, 5) is 10.3. The highest BCUT2D eigenvalue weighted by atomic mass is 16.5. The van der Waals surface area contributed by atoms with E-state index in [-0.39, 0.29) is 5.76 Å². The molecule has 0 heterocycles. The lowest BCUT2D eigenvalue weighted by Crippen LogP contribution is -2.05. The Balaban J connectivity index is 2.65. The van der Waals surface area contributed by atoms with Crippen molar-refractivity contribution >= 4 is 5.97 Å². The number of benzene rings is 1. The Morgan fingerprint density at radius 1 is 1.33 bits per heavy atom. The first-order chi connectivity index (χ1) is 5.70. The molecule has 1 N–H and O–H groups in total. The number of ether oxygens (including phenoxy) is 1. The van der Waals surface area contributed by atoms with E-state index < -0.39 is 5.97 Å². The number of rotatable bonds is 3. The predicted molar refractivity (Wildman–Crippen MR) is 43.8 cm³/mol. The van der Waals surface area contributed by atoms with Crippen LogP contribution in [0.5, 0.6) is 5.75 Å². The second-order valence-corrected chi connectivity index (χ2v) is 2.14. The summed E-state index contributed by atoms with van der Waals surface area (Å²) in [5.41, 5.74) is 0. The van der Waals surface area contributed by atoms with Crippen LogP contribution in [0.3, 0.4) is 0 Å². The lowest BCUT2D eigenvalue weighted by atomic mass is 10.3. The minimum Gasteiger partial charge on any atom is -0.475 e. The maximum Gasteiger partial charge on any atom is 0.371 e. The van der Waals surface area contributed by atoms with Gasteiger partial charge in [0.25, 0.3) is 0 Å². The van der Waals surface area contributed by atoms with Crippen molar-refractivity contribution in [3.63, 3.8) is 0 Å². The number of carbonyl (C=O) groups is 1. The van der Waals surface area contributed by atoms with Crippen molar-refractivity contribution in [1.29, 1.82) is 0 Å². The van der Waals surface area contributed by atoms with Crippen molar-refractivity contribution in [3.8, 4) is 5.75 Å². The third-order valence-electron chi connectivity index (χ3n) is 1.22. The smallest absolute Gasteiger partial charge is 0.371 e. The highest BCUT2D eigenvalue weighted by molar-refractivity contribution is 5.83. The summed E-state index contributed by atoms with van der Waals surface area (Å²) < 4.78 is 4.88. The number of hydrogen-bond donors (Lipinski definition) is 1. The van der Waals surface area contributed by atoms with Crippen molar-refractivity contribution in [1.82, 2.24) is 0 Å². The van der Waals surface area contributed by atoms with E-state index in [9.17, 15) is 4.79 Å². The van der Waals surface area contributed by atoms with E-state index in [2.05, 4.69) is 6.58 Å². The van der Waals surface area contributed by atoms with Gasteiger partial charge >= 0.3 is 5.97 Å². The first kappa shape index (κ1) is 8.33. The fourth-order valence-corrected chi connectivity index (χ4v) is 0.674. The van der Waals surface area contributed by atoms with Gasteiger partial charge in [-0.15, -0.1) is 0 Å². The molecule has 0 aliphatic rings. The number of carboxylic acids is 1. The standard InChI is InChI=1S/C9H8O3/c1-7(9(10)11)12-8-5-3-2-4-6-8/h2-6H,1H2,(H,10,11). The molecule has 62 valence electrons. The van der Waals surface area contributed by atoms with Crippen LogP contribution in [0.4, 0.5) is 0 Å². The van der Waals surface area contributed by atoms with Crippen LogP contribution in [-0.4, -0.2) is 11.1 Å². The van der Waals surface area contributed by atoms with Crippen LogP contribution < -0.4 is 4.74 Å². The minimum atomic E-state index is -1.15. The largest absolute Gasteiger partial charge is 0.475 e. The Bertz CT molecular complexity index is 290. The van der Waals surface area contributed by atoms with E-state index in [1.54, 1.807) is 24.3 Å². The summed E-state index contributed by atoms with van der Waals surface area (Å²) in [7, 11) is 0. The number of para-hydroxylation sites is 1. The highest BCUT2D eigenvalue weighted by Crippen LogP contribution is 2.11. The van der Waals surface area contributed by atoms with Gasteiger partial charge in [0.2, 0.25) is 5.76 Å². The topological polar surface area (TPSA) is 46.5 Å². The molecule has 0 aromatic heterocycles. The molecule has 3 nitrogen and oxygen atoms in total. The van der Waals surface area contributed by atoms with Crippen molar-refractivity contribution in [3.05, 3.63) is 42.7 Å². The van der Waals surface area contributed by atoms with Gasteiger partial charge in [0.05, 0.1) is 0 Å². The van der Waals surface area contributed by atoms with Gasteiger partial charge in [0.15, 0.2) is 0 Å². The first-order valence-corrected chi connectivity index (χ1v) is 3.35. The zero-order valence-corrected chi connectivity index (χ0v) is 6.36. The van der Waals surface area contributed by atoms with Crippen molar-refractivity contribution in [2.45, 2.75) is 0 Å². The molecule has 1 aromatic rings. The van der Waals surface area contributed by atoms with Gasteiger partial charge in [0.1, 0.15) is 5.75 Å². The highest BCUT2D eigenvalue weighted by Gasteiger charge is 2.04. The Hall–Kier alpha value is -1.77. The summed E-state index contributed by atoms with van der Waals surface area (Å²) >= 11 is 0. The van der Waals surface area contributed by atoms with E-state index in [0.717, 1.165) is 0 Å². The van der Waals surface area contributed by atoms with Gasteiger partial charge in [-0.25, -0.2) is 4.79 Å². The Kier molecular flexibility index (Phi) is 2.48. The zero-order chi connectivity index (χ0) is 8.97. The fraction of sp³-hybridized carbons (Fsp3) is 0. The van der Waals surface area contributed by atoms with Crippen molar-refractivity contribution in [2.24, 2.45) is 0 Å². The molecule has 0 amide bonds. The van der Waals surface area contributed by atoms with E-state index in [0.29, 0.717) is 5.75 Å². The van der Waals surface area contributed by atoms with Crippen LogP contribution in [0.1, 0.15) is 0 Å². The SMILES string of the molecule is C=C(Oc1ccccc1)C(=O)O. The molecule has 0 fully saturated rings. The van der Waals surface area contributed by atoms with Gasteiger partial charge in [0, 0.05) is 0 Å². The van der Waals surface area contributed by atoms with Crippen LogP contribution in [0, 0.1) is 0 Å². The van der Waals surface area contributed by atoms with Gasteiger partial charge < -0.3 is 9.84 Å². The number of aliphatic carboxylic acids is 1. The second-order valence-electron chi connectivity index (χ2n) is 2.14. The van der Waals surface area contributed by atoms with Crippen LogP contribution in [-0.2, 0) is 4.79 Å². The molecule has 0 radical (unpaired) electrons. The number of hydrogen-bond acceptors (Lipinski definition) is 2. The molecule has 1 rings (SSSR count). The van der Waals surface area contributed by atoms with Gasteiger partial charge in [-0.2, -0.15) is 0 Å². The molecular formula is C9H8O3. The van der Waals surface area contributed by atoms with E-state index in [4.69, 9.17) is 9.84 Å². The quantitative estimate of drug-likeness (QED) is 0.546. The molecule has 12 heavy (non-hydrogen) atoms. The monoisotopic (exact) mass is 164 g/mol. The summed E-state index contributed by atoms with van der Waals surface area (Å²) in [6, 6.07) is 8.65. The third-order valence-corrected chi connectivity index (χ3v) is 1.22. The zero-order valence-electron chi connectivity index (χ0n) is 6.36. The molecule has 0 atom stereocenters. The van der Waals surface area contributed by atoms with E-state index >= 15 is 0 Å². The average molecular weight is 164 g/mol. The van der Waals surface area contributed by atoms with E-state index in [1.807, 2.05) is 6.07 Å². The molecule has 0 aliphatic carbocycles. The maximum atomic E-state index is 10.3. The molecule has 1 aromatic carbocycles. The van der Waals surface area contributed by atoms with Crippen molar-refractivity contribution in [2.75, 3.05) is 0 Å². The first-order valence-electron chi connectivity index (χ1n) is 3.35. The molecular weight excluding hydrogens is 156 g/mol. The summed E-state index contributed by atoms with van der Waals surface area (Å²) in [5.74, 6) is -0.954. The predicted octanol–water partition coefficient (Wildman–Crippen LogP) is 1.66. The van der Waals surface area contributed by atoms with E-state index in [1.165, 1.54) is 0 Å². The second kappa shape index (κ2) is 3.57. The lowest BCUT2D eigenvalue weighted by Gasteiger charge is -2.02. The maximum absolute atomic E-state index is 10.3. The van der Waals surface area contributed by atoms with Crippen LogP contribution >= 0.6 is 0 Å². The Labute approximate surface area is 69.9 Å². The Morgan fingerprint density at radius 2 is 1.92 bits per heavy atom. The molecule has 0 unspecified atom stereocenters. The molecule has 3 heteroatoms. The molecule has 0 saturated heterocycles. The molecule has 0 saturated carbocycles. The normalized spacial score (nSPS) is 9.00. The van der Waals surface area contributed by atoms with Crippen LogP contribution in [0.25, 0.3) is 0 Å². The average Bonchev–Trinajstić information content (AvgIpc) is 2.06. The molecule has 0 bridgehead atoms. The minimum absolute atomic E-state index is 0.277. The molecule has 0 spiro atoms. The lowest BCUT2D eigenvalue weighted by molar-refractivity contribution is -0.135. The Morgan fingerprint density at radius 3 is 2.42 bits per heavy atom. The van der Waals surface area contributed by atoms with Crippen LogP contribution in [0.2, 0.25) is 0 Å². The summed E-state index contributed by atoms with van der Waals surface area (Å²) in [6.45, 7) is 3.23. The van der Waals surface area contributed by atoms with Crippen LogP contribution in [0.15, 0.2) is 42.7 Å². The molecule has 0 aliphatic heterocycles. The third kappa shape index (κ3) is 2.12. The van der Waals surface area contributed by atoms with Gasteiger partial charge in [-0.1, -0.05) is 18.2 Å².